The first-order valence-electron chi connectivity index (χ1n) is 6.42. The largest absolute Gasteiger partial charge is 0.395 e. The molecule has 0 saturated carbocycles. The molecule has 1 rings (SSSR count). The fraction of sp³-hybridized carbons (Fsp3) is 0.571. The zero-order valence-corrected chi connectivity index (χ0v) is 11.4. The molecule has 0 aliphatic heterocycles. The summed E-state index contributed by atoms with van der Waals surface area (Å²) in [5, 5.41) is 9.13. The number of hydrogen-bond acceptors (Lipinski definition) is 3. The standard InChI is InChI=1S/C14H23FN2O/c1-4-5-17(6-7-18)14-8-10(2)13(15)9-12(14)11(3)16/h8-9,11,18H,4-7,16H2,1-3H3/t11-/m1/s1. The Morgan fingerprint density at radius 1 is 1.39 bits per heavy atom. The van der Waals surface area contributed by atoms with Gasteiger partial charge in [-0.2, -0.15) is 0 Å². The molecule has 0 bridgehead atoms. The molecule has 3 N–H and O–H groups in total. The Balaban J connectivity index is 3.21. The summed E-state index contributed by atoms with van der Waals surface area (Å²) in [6.45, 7) is 7.11. The second-order valence-electron chi connectivity index (χ2n) is 4.66. The first kappa shape index (κ1) is 14.9. The van der Waals surface area contributed by atoms with Crippen molar-refractivity contribution in [3.8, 4) is 0 Å². The number of nitrogens with two attached hydrogens (primary N) is 1. The fourth-order valence-corrected chi connectivity index (χ4v) is 2.06. The summed E-state index contributed by atoms with van der Waals surface area (Å²) in [4.78, 5) is 2.06. The van der Waals surface area contributed by atoms with Crippen LogP contribution in [0.3, 0.4) is 0 Å². The molecule has 3 nitrogen and oxygen atoms in total. The lowest BCUT2D eigenvalue weighted by molar-refractivity contribution is 0.301. The number of aryl methyl sites for hydroxylation is 1. The van der Waals surface area contributed by atoms with Crippen LogP contribution in [0.4, 0.5) is 10.1 Å². The van der Waals surface area contributed by atoms with Gasteiger partial charge in [-0.15, -0.1) is 0 Å². The van der Waals surface area contributed by atoms with E-state index in [1.54, 1.807) is 6.92 Å². The summed E-state index contributed by atoms with van der Waals surface area (Å²) in [5.74, 6) is -0.230. The minimum atomic E-state index is -0.230. The molecule has 0 amide bonds. The van der Waals surface area contributed by atoms with Gasteiger partial charge in [0.15, 0.2) is 0 Å². The predicted octanol–water partition coefficient (Wildman–Crippen LogP) is 2.36. The normalized spacial score (nSPS) is 12.6. The molecule has 1 aromatic carbocycles. The van der Waals surface area contributed by atoms with Crippen LogP contribution in [0.25, 0.3) is 0 Å². The lowest BCUT2D eigenvalue weighted by atomic mass is 10.0. The van der Waals surface area contributed by atoms with Gasteiger partial charge in [0.05, 0.1) is 6.61 Å². The first-order chi connectivity index (χ1) is 8.51. The minimum absolute atomic E-state index is 0.0782. The van der Waals surface area contributed by atoms with Gasteiger partial charge in [0.1, 0.15) is 5.82 Å². The molecule has 0 unspecified atom stereocenters. The molecular formula is C14H23FN2O. The van der Waals surface area contributed by atoms with Gasteiger partial charge < -0.3 is 15.7 Å². The van der Waals surface area contributed by atoms with Crippen LogP contribution in [0.2, 0.25) is 0 Å². The topological polar surface area (TPSA) is 49.5 Å². The van der Waals surface area contributed by atoms with Crippen molar-refractivity contribution in [1.82, 2.24) is 0 Å². The maximum Gasteiger partial charge on any atom is 0.126 e. The number of benzene rings is 1. The summed E-state index contributed by atoms with van der Waals surface area (Å²) in [6, 6.07) is 3.10. The summed E-state index contributed by atoms with van der Waals surface area (Å²) < 4.78 is 13.6. The minimum Gasteiger partial charge on any atom is -0.395 e. The number of aliphatic hydroxyl groups is 1. The van der Waals surface area contributed by atoms with Gasteiger partial charge in [-0.3, -0.25) is 0 Å². The second-order valence-corrected chi connectivity index (χ2v) is 4.66. The summed E-state index contributed by atoms with van der Waals surface area (Å²) in [6.07, 6.45) is 0.967. The molecule has 18 heavy (non-hydrogen) atoms. The number of aliphatic hydroxyl groups excluding tert-OH is 1. The van der Waals surface area contributed by atoms with Crippen molar-refractivity contribution < 1.29 is 9.50 Å². The van der Waals surface area contributed by atoms with Gasteiger partial charge in [0.2, 0.25) is 0 Å². The predicted molar refractivity (Wildman–Crippen MR) is 73.3 cm³/mol. The SMILES string of the molecule is CCCN(CCO)c1cc(C)c(F)cc1[C@@H](C)N. The van der Waals surface area contributed by atoms with E-state index in [1.165, 1.54) is 6.07 Å². The monoisotopic (exact) mass is 254 g/mol. The Morgan fingerprint density at radius 2 is 2.06 bits per heavy atom. The Morgan fingerprint density at radius 3 is 2.56 bits per heavy atom. The van der Waals surface area contributed by atoms with Crippen molar-refractivity contribution in [2.24, 2.45) is 5.73 Å². The molecule has 0 heterocycles. The molecular weight excluding hydrogens is 231 g/mol. The average Bonchev–Trinajstić information content (AvgIpc) is 2.31. The molecule has 0 aromatic heterocycles. The Bertz CT molecular complexity index is 388. The van der Waals surface area contributed by atoms with Crippen molar-refractivity contribution in [2.75, 3.05) is 24.6 Å². The number of rotatable bonds is 6. The van der Waals surface area contributed by atoms with Crippen LogP contribution in [-0.4, -0.2) is 24.8 Å². The van der Waals surface area contributed by atoms with E-state index in [0.29, 0.717) is 12.1 Å². The Hall–Kier alpha value is -1.13. The van der Waals surface area contributed by atoms with Gasteiger partial charge in [0, 0.05) is 24.8 Å². The average molecular weight is 254 g/mol. The first-order valence-corrected chi connectivity index (χ1v) is 6.42. The van der Waals surface area contributed by atoms with E-state index in [0.717, 1.165) is 24.2 Å². The molecule has 1 aromatic rings. The number of halogens is 1. The van der Waals surface area contributed by atoms with Crippen LogP contribution < -0.4 is 10.6 Å². The van der Waals surface area contributed by atoms with E-state index in [9.17, 15) is 4.39 Å². The zero-order valence-electron chi connectivity index (χ0n) is 11.4. The van der Waals surface area contributed by atoms with Crippen LogP contribution in [0.15, 0.2) is 12.1 Å². The lowest BCUT2D eigenvalue weighted by Gasteiger charge is -2.28. The third-order valence-electron chi connectivity index (χ3n) is 3.00. The number of anilines is 1. The third kappa shape index (κ3) is 3.43. The van der Waals surface area contributed by atoms with E-state index in [-0.39, 0.29) is 18.5 Å². The van der Waals surface area contributed by atoms with E-state index >= 15 is 0 Å². The van der Waals surface area contributed by atoms with Gasteiger partial charge in [-0.1, -0.05) is 6.92 Å². The number of hydrogen-bond donors (Lipinski definition) is 2. The van der Waals surface area contributed by atoms with Crippen LogP contribution in [0.5, 0.6) is 0 Å². The highest BCUT2D eigenvalue weighted by Gasteiger charge is 2.15. The smallest absolute Gasteiger partial charge is 0.126 e. The van der Waals surface area contributed by atoms with Crippen LogP contribution in [-0.2, 0) is 0 Å². The van der Waals surface area contributed by atoms with E-state index in [2.05, 4.69) is 11.8 Å². The summed E-state index contributed by atoms with van der Waals surface area (Å²) in [7, 11) is 0. The third-order valence-corrected chi connectivity index (χ3v) is 3.00. The van der Waals surface area contributed by atoms with Crippen molar-refractivity contribution in [3.63, 3.8) is 0 Å². The van der Waals surface area contributed by atoms with Crippen LogP contribution in [0, 0.1) is 12.7 Å². The van der Waals surface area contributed by atoms with Gasteiger partial charge in [0.25, 0.3) is 0 Å². The van der Waals surface area contributed by atoms with Crippen LogP contribution >= 0.6 is 0 Å². The van der Waals surface area contributed by atoms with Gasteiger partial charge in [-0.25, -0.2) is 4.39 Å². The van der Waals surface area contributed by atoms with Gasteiger partial charge in [-0.05, 0) is 43.5 Å². The molecule has 0 aliphatic rings. The summed E-state index contributed by atoms with van der Waals surface area (Å²) in [5.41, 5.74) is 8.23. The van der Waals surface area contributed by atoms with E-state index < -0.39 is 0 Å². The van der Waals surface area contributed by atoms with Crippen molar-refractivity contribution in [2.45, 2.75) is 33.2 Å². The van der Waals surface area contributed by atoms with Gasteiger partial charge >= 0.3 is 0 Å². The van der Waals surface area contributed by atoms with E-state index in [1.807, 2.05) is 13.0 Å². The highest BCUT2D eigenvalue weighted by atomic mass is 19.1. The molecule has 4 heteroatoms. The van der Waals surface area contributed by atoms with E-state index in [4.69, 9.17) is 10.8 Å². The second kappa shape index (κ2) is 6.71. The maximum atomic E-state index is 13.6. The Kier molecular flexibility index (Phi) is 5.56. The Labute approximate surface area is 108 Å². The van der Waals surface area contributed by atoms with Crippen LogP contribution in [0.1, 0.15) is 37.4 Å². The highest BCUT2D eigenvalue weighted by Crippen LogP contribution is 2.28. The fourth-order valence-electron chi connectivity index (χ4n) is 2.06. The molecule has 1 atom stereocenters. The molecule has 0 fully saturated rings. The zero-order chi connectivity index (χ0) is 13.7. The molecule has 102 valence electrons. The lowest BCUT2D eigenvalue weighted by Crippen LogP contribution is -2.29. The van der Waals surface area contributed by atoms with Crippen molar-refractivity contribution >= 4 is 5.69 Å². The molecule has 0 aliphatic carbocycles. The van der Waals surface area contributed by atoms with Crippen molar-refractivity contribution in [3.05, 3.63) is 29.1 Å². The molecule has 0 spiro atoms. The molecule has 0 saturated heterocycles. The maximum absolute atomic E-state index is 13.6. The molecule has 0 radical (unpaired) electrons. The highest BCUT2D eigenvalue weighted by molar-refractivity contribution is 5.57. The van der Waals surface area contributed by atoms with Crippen molar-refractivity contribution in [1.29, 1.82) is 0 Å². The quantitative estimate of drug-likeness (QED) is 0.819. The summed E-state index contributed by atoms with van der Waals surface area (Å²) >= 11 is 0. The number of nitrogens with zero attached hydrogens (tertiary/aromatic N) is 1.